The van der Waals surface area contributed by atoms with Gasteiger partial charge in [-0.1, -0.05) is 0 Å². The van der Waals surface area contributed by atoms with E-state index in [9.17, 15) is 5.11 Å². The average molecular weight is 209 g/mol. The summed E-state index contributed by atoms with van der Waals surface area (Å²) in [7, 11) is 0. The number of hydrogen-bond donors (Lipinski definition) is 2. The van der Waals surface area contributed by atoms with Crippen LogP contribution in [0, 0.1) is 13.8 Å². The molecular weight excluding hydrogens is 190 g/mol. The summed E-state index contributed by atoms with van der Waals surface area (Å²) in [5.74, 6) is 0. The number of hydrogen-bond acceptors (Lipinski definition) is 3. The zero-order chi connectivity index (χ0) is 10.8. The Labute approximate surface area is 90.3 Å². The molecule has 1 unspecified atom stereocenters. The van der Waals surface area contributed by atoms with Crippen molar-refractivity contribution in [1.82, 2.24) is 14.9 Å². The van der Waals surface area contributed by atoms with E-state index in [0.717, 1.165) is 12.2 Å². The molecule has 1 saturated carbocycles. The molecule has 1 aliphatic rings. The third-order valence-corrected chi connectivity index (χ3v) is 3.03. The van der Waals surface area contributed by atoms with Crippen molar-refractivity contribution in [1.29, 1.82) is 0 Å². The monoisotopic (exact) mass is 209 g/mol. The number of nitrogens with zero attached hydrogens (tertiary/aromatic N) is 2. The minimum atomic E-state index is 0.157. The van der Waals surface area contributed by atoms with Crippen molar-refractivity contribution >= 4 is 0 Å². The molecule has 15 heavy (non-hydrogen) atoms. The van der Waals surface area contributed by atoms with Gasteiger partial charge in [-0.05, 0) is 26.7 Å². The molecule has 1 aromatic heterocycles. The van der Waals surface area contributed by atoms with Crippen molar-refractivity contribution in [3.8, 4) is 0 Å². The average Bonchev–Trinajstić information content (AvgIpc) is 2.99. The Morgan fingerprint density at radius 3 is 2.80 bits per heavy atom. The summed E-state index contributed by atoms with van der Waals surface area (Å²) in [5.41, 5.74) is 2.25. The molecule has 0 aromatic carbocycles. The first-order valence-corrected chi connectivity index (χ1v) is 5.56. The summed E-state index contributed by atoms with van der Waals surface area (Å²) in [6.45, 7) is 5.06. The largest absolute Gasteiger partial charge is 0.395 e. The predicted octanol–water partition coefficient (Wildman–Crippen LogP) is 0.613. The van der Waals surface area contributed by atoms with E-state index in [4.69, 9.17) is 0 Å². The van der Waals surface area contributed by atoms with Gasteiger partial charge < -0.3 is 15.0 Å². The normalized spacial score (nSPS) is 18.1. The van der Waals surface area contributed by atoms with E-state index in [1.807, 2.05) is 13.3 Å². The summed E-state index contributed by atoms with van der Waals surface area (Å²) < 4.78 is 2.10. The highest BCUT2D eigenvalue weighted by Crippen LogP contribution is 2.19. The van der Waals surface area contributed by atoms with Gasteiger partial charge in [0.1, 0.15) is 0 Å². The van der Waals surface area contributed by atoms with Gasteiger partial charge in [0.05, 0.1) is 18.6 Å². The number of imidazole rings is 1. The summed E-state index contributed by atoms with van der Waals surface area (Å²) >= 11 is 0. The summed E-state index contributed by atoms with van der Waals surface area (Å²) in [6, 6.07) is 0.789. The van der Waals surface area contributed by atoms with Crippen LogP contribution in [-0.4, -0.2) is 33.3 Å². The molecule has 1 atom stereocenters. The number of aliphatic hydroxyl groups is 1. The van der Waals surface area contributed by atoms with Gasteiger partial charge in [0.15, 0.2) is 0 Å². The van der Waals surface area contributed by atoms with Crippen molar-refractivity contribution in [2.75, 3.05) is 6.61 Å². The predicted molar refractivity (Wildman–Crippen MR) is 58.7 cm³/mol. The van der Waals surface area contributed by atoms with Gasteiger partial charge in [-0.2, -0.15) is 0 Å². The Balaban J connectivity index is 1.95. The molecule has 0 bridgehead atoms. The highest BCUT2D eigenvalue weighted by atomic mass is 16.3. The standard InChI is InChI=1S/C11H19N3O/c1-8-9(2)14(7-12-8)5-11(6-15)13-10-3-4-10/h7,10-11,13,15H,3-6H2,1-2H3. The quantitative estimate of drug-likeness (QED) is 0.747. The lowest BCUT2D eigenvalue weighted by atomic mass is 10.3. The highest BCUT2D eigenvalue weighted by molar-refractivity contribution is 5.08. The van der Waals surface area contributed by atoms with Crippen LogP contribution in [0.2, 0.25) is 0 Å². The van der Waals surface area contributed by atoms with Crippen LogP contribution in [0.3, 0.4) is 0 Å². The van der Waals surface area contributed by atoms with Crippen molar-refractivity contribution in [2.24, 2.45) is 0 Å². The molecule has 0 saturated heterocycles. The molecule has 1 heterocycles. The van der Waals surface area contributed by atoms with E-state index in [1.165, 1.54) is 18.5 Å². The Morgan fingerprint density at radius 1 is 1.60 bits per heavy atom. The molecule has 1 aliphatic carbocycles. The van der Waals surface area contributed by atoms with Crippen molar-refractivity contribution in [2.45, 2.75) is 45.3 Å². The molecule has 4 nitrogen and oxygen atoms in total. The molecule has 2 rings (SSSR count). The number of aryl methyl sites for hydroxylation is 1. The number of aliphatic hydroxyl groups excluding tert-OH is 1. The van der Waals surface area contributed by atoms with E-state index < -0.39 is 0 Å². The number of rotatable bonds is 5. The van der Waals surface area contributed by atoms with Gasteiger partial charge in [0, 0.05) is 24.3 Å². The molecule has 2 N–H and O–H groups in total. The first kappa shape index (κ1) is 10.6. The molecule has 84 valence electrons. The van der Waals surface area contributed by atoms with Crippen LogP contribution >= 0.6 is 0 Å². The minimum Gasteiger partial charge on any atom is -0.395 e. The van der Waals surface area contributed by atoms with Crippen molar-refractivity contribution in [3.63, 3.8) is 0 Å². The minimum absolute atomic E-state index is 0.157. The third kappa shape index (κ3) is 2.58. The second kappa shape index (κ2) is 4.33. The van der Waals surface area contributed by atoms with Gasteiger partial charge in [-0.15, -0.1) is 0 Å². The number of aromatic nitrogens is 2. The molecular formula is C11H19N3O. The molecule has 0 aliphatic heterocycles. The molecule has 0 radical (unpaired) electrons. The van der Waals surface area contributed by atoms with Gasteiger partial charge in [-0.3, -0.25) is 0 Å². The highest BCUT2D eigenvalue weighted by Gasteiger charge is 2.24. The fourth-order valence-corrected chi connectivity index (χ4v) is 1.71. The lowest BCUT2D eigenvalue weighted by Gasteiger charge is -2.17. The number of nitrogens with one attached hydrogen (secondary N) is 1. The third-order valence-electron chi connectivity index (χ3n) is 3.03. The molecule has 0 amide bonds. The van der Waals surface area contributed by atoms with Gasteiger partial charge in [0.2, 0.25) is 0 Å². The van der Waals surface area contributed by atoms with Gasteiger partial charge in [0.25, 0.3) is 0 Å². The van der Waals surface area contributed by atoms with Crippen LogP contribution in [0.15, 0.2) is 6.33 Å². The maximum atomic E-state index is 9.27. The van der Waals surface area contributed by atoms with Gasteiger partial charge in [-0.25, -0.2) is 4.98 Å². The van der Waals surface area contributed by atoms with Crippen LogP contribution in [0.1, 0.15) is 24.2 Å². The lowest BCUT2D eigenvalue weighted by Crippen LogP contribution is -2.37. The maximum Gasteiger partial charge on any atom is 0.0951 e. The van der Waals surface area contributed by atoms with E-state index >= 15 is 0 Å². The fraction of sp³-hybridized carbons (Fsp3) is 0.727. The van der Waals surface area contributed by atoms with Crippen LogP contribution in [0.5, 0.6) is 0 Å². The topological polar surface area (TPSA) is 50.1 Å². The molecule has 4 heteroatoms. The Kier molecular flexibility index (Phi) is 3.07. The molecule has 1 fully saturated rings. The Bertz CT molecular complexity index is 331. The van der Waals surface area contributed by atoms with E-state index in [0.29, 0.717) is 6.04 Å². The Morgan fingerprint density at radius 2 is 2.33 bits per heavy atom. The lowest BCUT2D eigenvalue weighted by molar-refractivity contribution is 0.227. The second-order valence-corrected chi connectivity index (χ2v) is 4.39. The van der Waals surface area contributed by atoms with Crippen LogP contribution in [0.4, 0.5) is 0 Å². The second-order valence-electron chi connectivity index (χ2n) is 4.39. The van der Waals surface area contributed by atoms with E-state index in [-0.39, 0.29) is 12.6 Å². The Hall–Kier alpha value is -0.870. The van der Waals surface area contributed by atoms with Crippen LogP contribution < -0.4 is 5.32 Å². The summed E-state index contributed by atoms with van der Waals surface area (Å²) in [5, 5.41) is 12.7. The summed E-state index contributed by atoms with van der Waals surface area (Å²) in [4.78, 5) is 4.25. The summed E-state index contributed by atoms with van der Waals surface area (Å²) in [6.07, 6.45) is 4.35. The van der Waals surface area contributed by atoms with Crippen molar-refractivity contribution in [3.05, 3.63) is 17.7 Å². The molecule has 0 spiro atoms. The first-order chi connectivity index (χ1) is 7.20. The maximum absolute atomic E-state index is 9.27. The zero-order valence-corrected chi connectivity index (χ0v) is 9.40. The van der Waals surface area contributed by atoms with Crippen LogP contribution in [0.25, 0.3) is 0 Å². The smallest absolute Gasteiger partial charge is 0.0951 e. The molecule has 1 aromatic rings. The van der Waals surface area contributed by atoms with Gasteiger partial charge >= 0.3 is 0 Å². The van der Waals surface area contributed by atoms with Crippen molar-refractivity contribution < 1.29 is 5.11 Å². The van der Waals surface area contributed by atoms with E-state index in [2.05, 4.69) is 21.8 Å². The van der Waals surface area contributed by atoms with Crippen LogP contribution in [-0.2, 0) is 6.54 Å². The SMILES string of the molecule is Cc1ncn(CC(CO)NC2CC2)c1C. The fourth-order valence-electron chi connectivity index (χ4n) is 1.71. The van der Waals surface area contributed by atoms with E-state index in [1.54, 1.807) is 0 Å². The zero-order valence-electron chi connectivity index (χ0n) is 9.40. The first-order valence-electron chi connectivity index (χ1n) is 5.56.